The van der Waals surface area contributed by atoms with Gasteiger partial charge in [-0.2, -0.15) is 0 Å². The maximum absolute atomic E-state index is 6.13. The first-order valence-corrected chi connectivity index (χ1v) is 7.82. The molecule has 0 amide bonds. The van der Waals surface area contributed by atoms with E-state index in [-0.39, 0.29) is 0 Å². The molecule has 0 spiro atoms. The zero-order valence-corrected chi connectivity index (χ0v) is 13.9. The van der Waals surface area contributed by atoms with Crippen molar-refractivity contribution in [2.24, 2.45) is 0 Å². The van der Waals surface area contributed by atoms with Crippen LogP contribution in [0.4, 0.5) is 0 Å². The van der Waals surface area contributed by atoms with Gasteiger partial charge in [0.05, 0.1) is 7.11 Å². The number of alkyl halides is 1. The molecule has 2 aromatic carbocycles. The monoisotopic (exact) mass is 374 g/mol. The summed E-state index contributed by atoms with van der Waals surface area (Å²) in [5, 5.41) is 1.95. The Bertz CT molecular complexity index is 580. The molecule has 2 nitrogen and oxygen atoms in total. The minimum absolute atomic E-state index is 0.333. The number of hydrogen-bond acceptors (Lipinski definition) is 2. The number of hydrogen-bond donors (Lipinski definition) is 0. The van der Waals surface area contributed by atoms with E-state index in [4.69, 9.17) is 32.7 Å². The molecule has 5 heteroatoms. The smallest absolute Gasteiger partial charge is 0.165 e. The van der Waals surface area contributed by atoms with Gasteiger partial charge in [-0.25, -0.2) is 0 Å². The molecule has 0 radical (unpaired) electrons. The molecule has 2 aromatic rings. The zero-order chi connectivity index (χ0) is 14.5. The van der Waals surface area contributed by atoms with E-state index in [1.807, 2.05) is 18.2 Å². The summed E-state index contributed by atoms with van der Waals surface area (Å²) in [5.74, 6) is 1.41. The summed E-state index contributed by atoms with van der Waals surface area (Å²) >= 11 is 15.5. The molecule has 0 N–H and O–H groups in total. The Balaban J connectivity index is 2.24. The summed E-state index contributed by atoms with van der Waals surface area (Å²) in [4.78, 5) is 0. The topological polar surface area (TPSA) is 18.5 Å². The van der Waals surface area contributed by atoms with Crippen molar-refractivity contribution < 1.29 is 9.47 Å². The first-order valence-electron chi connectivity index (χ1n) is 5.94. The van der Waals surface area contributed by atoms with Crippen molar-refractivity contribution in [3.05, 3.63) is 57.6 Å². The van der Waals surface area contributed by atoms with Crippen LogP contribution in [0.1, 0.15) is 11.1 Å². The van der Waals surface area contributed by atoms with Crippen molar-refractivity contribution in [3.8, 4) is 11.5 Å². The summed E-state index contributed by atoms with van der Waals surface area (Å²) in [6, 6.07) is 11.1. The van der Waals surface area contributed by atoms with E-state index in [1.54, 1.807) is 25.3 Å². The van der Waals surface area contributed by atoms with Gasteiger partial charge in [0.2, 0.25) is 0 Å². The summed E-state index contributed by atoms with van der Waals surface area (Å²) in [5.41, 5.74) is 1.85. The highest BCUT2D eigenvalue weighted by Crippen LogP contribution is 2.33. The molecule has 0 aliphatic carbocycles. The molecule has 0 saturated carbocycles. The molecule has 0 bridgehead atoms. The fourth-order valence-corrected chi connectivity index (χ4v) is 2.60. The molecular weight excluding hydrogens is 363 g/mol. The Morgan fingerprint density at radius 2 is 1.90 bits per heavy atom. The molecule has 0 aliphatic heterocycles. The Morgan fingerprint density at radius 1 is 1.10 bits per heavy atom. The zero-order valence-electron chi connectivity index (χ0n) is 10.8. The van der Waals surface area contributed by atoms with E-state index < -0.39 is 0 Å². The van der Waals surface area contributed by atoms with Gasteiger partial charge in [0.25, 0.3) is 0 Å². The molecule has 0 fully saturated rings. The lowest BCUT2D eigenvalue weighted by Crippen LogP contribution is -2.01. The van der Waals surface area contributed by atoms with Crippen LogP contribution in [-0.2, 0) is 11.9 Å². The van der Waals surface area contributed by atoms with Gasteiger partial charge in [-0.1, -0.05) is 51.3 Å². The quantitative estimate of drug-likeness (QED) is 0.644. The average molecular weight is 376 g/mol. The Morgan fingerprint density at radius 3 is 2.60 bits per heavy atom. The maximum atomic E-state index is 6.13. The molecule has 106 valence electrons. The molecule has 0 aliphatic rings. The van der Waals surface area contributed by atoms with Crippen LogP contribution < -0.4 is 9.47 Å². The number of ether oxygens (including phenoxy) is 2. The van der Waals surface area contributed by atoms with Crippen LogP contribution in [0.3, 0.4) is 0 Å². The third-order valence-electron chi connectivity index (χ3n) is 2.80. The van der Waals surface area contributed by atoms with Gasteiger partial charge in [0.15, 0.2) is 11.5 Å². The molecule has 2 rings (SSSR count). The van der Waals surface area contributed by atoms with Gasteiger partial charge >= 0.3 is 0 Å². The number of halogens is 3. The standard InChI is InChI=1S/C15H13BrCl2O2/c1-19-14-4-2-3-10(8-16)15(14)20-9-11-7-12(17)5-6-13(11)18/h2-7H,8-9H2,1H3. The van der Waals surface area contributed by atoms with Crippen LogP contribution in [0.25, 0.3) is 0 Å². The van der Waals surface area contributed by atoms with Crippen LogP contribution in [-0.4, -0.2) is 7.11 Å². The maximum Gasteiger partial charge on any atom is 0.165 e. The first kappa shape index (κ1) is 15.5. The summed E-state index contributed by atoms with van der Waals surface area (Å²) in [6.45, 7) is 0.333. The van der Waals surface area contributed by atoms with Gasteiger partial charge in [-0.3, -0.25) is 0 Å². The van der Waals surface area contributed by atoms with Crippen molar-refractivity contribution in [2.75, 3.05) is 7.11 Å². The Kier molecular flexibility index (Phi) is 5.58. The molecule has 20 heavy (non-hydrogen) atoms. The van der Waals surface area contributed by atoms with E-state index in [1.165, 1.54) is 0 Å². The van der Waals surface area contributed by atoms with E-state index >= 15 is 0 Å². The van der Waals surface area contributed by atoms with Crippen molar-refractivity contribution >= 4 is 39.1 Å². The molecule has 0 aromatic heterocycles. The van der Waals surface area contributed by atoms with Crippen molar-refractivity contribution in [1.82, 2.24) is 0 Å². The third-order valence-corrected chi connectivity index (χ3v) is 4.01. The molecule has 0 heterocycles. The second-order valence-corrected chi connectivity index (χ2v) is 5.51. The fraction of sp³-hybridized carbons (Fsp3) is 0.200. The predicted molar refractivity (Wildman–Crippen MR) is 86.4 cm³/mol. The van der Waals surface area contributed by atoms with Gasteiger partial charge < -0.3 is 9.47 Å². The normalized spacial score (nSPS) is 10.4. The minimum atomic E-state index is 0.333. The molecule has 0 saturated heterocycles. The van der Waals surface area contributed by atoms with Gasteiger partial charge in [0, 0.05) is 26.5 Å². The number of para-hydroxylation sites is 1. The lowest BCUT2D eigenvalue weighted by molar-refractivity contribution is 0.282. The van der Waals surface area contributed by atoms with Crippen LogP contribution in [0, 0.1) is 0 Å². The van der Waals surface area contributed by atoms with E-state index in [0.717, 1.165) is 11.1 Å². The predicted octanol–water partition coefficient (Wildman–Crippen LogP) is 5.48. The number of methoxy groups -OCH3 is 1. The fourth-order valence-electron chi connectivity index (χ4n) is 1.79. The Labute approximate surface area is 136 Å². The highest BCUT2D eigenvalue weighted by Gasteiger charge is 2.11. The van der Waals surface area contributed by atoms with Gasteiger partial charge in [-0.05, 0) is 24.3 Å². The number of rotatable bonds is 5. The SMILES string of the molecule is COc1cccc(CBr)c1OCc1cc(Cl)ccc1Cl. The second kappa shape index (κ2) is 7.21. The highest BCUT2D eigenvalue weighted by molar-refractivity contribution is 9.08. The Hall–Kier alpha value is -0.900. The van der Waals surface area contributed by atoms with Crippen molar-refractivity contribution in [2.45, 2.75) is 11.9 Å². The minimum Gasteiger partial charge on any atom is -0.493 e. The van der Waals surface area contributed by atoms with Gasteiger partial charge in [-0.15, -0.1) is 0 Å². The average Bonchev–Trinajstić information content (AvgIpc) is 2.47. The molecule has 0 unspecified atom stereocenters. The van der Waals surface area contributed by atoms with Crippen LogP contribution in [0.2, 0.25) is 10.0 Å². The molecule has 0 atom stereocenters. The van der Waals surface area contributed by atoms with Crippen LogP contribution in [0.5, 0.6) is 11.5 Å². The van der Waals surface area contributed by atoms with Gasteiger partial charge in [0.1, 0.15) is 6.61 Å². The van der Waals surface area contributed by atoms with E-state index in [0.29, 0.717) is 33.5 Å². The lowest BCUT2D eigenvalue weighted by Gasteiger charge is -2.14. The van der Waals surface area contributed by atoms with Crippen molar-refractivity contribution in [3.63, 3.8) is 0 Å². The summed E-state index contributed by atoms with van der Waals surface area (Å²) < 4.78 is 11.2. The number of benzene rings is 2. The highest BCUT2D eigenvalue weighted by atomic mass is 79.9. The van der Waals surface area contributed by atoms with E-state index in [9.17, 15) is 0 Å². The largest absolute Gasteiger partial charge is 0.493 e. The first-order chi connectivity index (χ1) is 9.65. The summed E-state index contributed by atoms with van der Waals surface area (Å²) in [7, 11) is 1.62. The summed E-state index contributed by atoms with van der Waals surface area (Å²) in [6.07, 6.45) is 0. The third kappa shape index (κ3) is 3.60. The lowest BCUT2D eigenvalue weighted by atomic mass is 10.2. The molecular formula is C15H13BrCl2O2. The van der Waals surface area contributed by atoms with Crippen molar-refractivity contribution in [1.29, 1.82) is 0 Å². The van der Waals surface area contributed by atoms with E-state index in [2.05, 4.69) is 15.9 Å². The second-order valence-electron chi connectivity index (χ2n) is 4.11. The van der Waals surface area contributed by atoms with Crippen LogP contribution in [0.15, 0.2) is 36.4 Å². The van der Waals surface area contributed by atoms with Crippen LogP contribution >= 0.6 is 39.1 Å².